The molecular weight excluding hydrogens is 894 g/mol. The summed E-state index contributed by atoms with van der Waals surface area (Å²) in [5.74, 6) is 0. The Morgan fingerprint density at radius 3 is 0.810 bits per heavy atom. The predicted molar refractivity (Wildman–Crippen MR) is 224 cm³/mol. The van der Waals surface area contributed by atoms with Gasteiger partial charge in [-0.2, -0.15) is 0 Å². The van der Waals surface area contributed by atoms with E-state index in [2.05, 4.69) is 9.97 Å². The summed E-state index contributed by atoms with van der Waals surface area (Å²) in [6.45, 7) is 0. The van der Waals surface area contributed by atoms with Crippen LogP contribution >= 0.6 is 0 Å². The number of hydrogen-bond donors (Lipinski definition) is 2. The molecule has 0 radical (unpaired) electrons. The van der Waals surface area contributed by atoms with Crippen LogP contribution in [-0.2, 0) is 30.4 Å². The van der Waals surface area contributed by atoms with E-state index in [4.69, 9.17) is 9.97 Å². The van der Waals surface area contributed by atoms with Gasteiger partial charge in [-0.15, -0.1) is 0 Å². The fourth-order valence-corrected chi connectivity index (χ4v) is 8.80. The van der Waals surface area contributed by atoms with E-state index in [9.17, 15) is 38.9 Å². The van der Waals surface area contributed by atoms with Crippen LogP contribution in [0.1, 0.15) is 22.8 Å². The van der Waals surface area contributed by atoms with Gasteiger partial charge in [0.25, 0.3) is 0 Å². The molecule has 2 N–H and O–H groups in total. The molecule has 8 bridgehead atoms. The van der Waals surface area contributed by atoms with Crippen LogP contribution in [0.5, 0.6) is 0 Å². The Balaban J connectivity index is 0.00000220. The van der Waals surface area contributed by atoms with Crippen molar-refractivity contribution in [3.8, 4) is 44.5 Å². The zero-order valence-corrected chi connectivity index (χ0v) is 42.2. The third kappa shape index (κ3) is 9.91. The van der Waals surface area contributed by atoms with E-state index in [0.29, 0.717) is 78.2 Å². The Morgan fingerprint density at radius 2 is 0.571 bits per heavy atom. The third-order valence-corrected chi connectivity index (χ3v) is 12.7. The molecule has 0 unspecified atom stereocenters. The van der Waals surface area contributed by atoms with Crippen LogP contribution in [0.4, 0.5) is 0 Å². The first-order valence-electron chi connectivity index (χ1n) is 18.0. The van der Waals surface area contributed by atoms with Crippen LogP contribution in [0, 0.1) is 0 Å². The second-order valence-electron chi connectivity index (χ2n) is 13.8. The van der Waals surface area contributed by atoms with Crippen molar-refractivity contribution in [3.05, 3.63) is 150 Å². The second kappa shape index (κ2) is 19.0. The van der Waals surface area contributed by atoms with Gasteiger partial charge in [0.2, 0.25) is 0 Å². The minimum atomic E-state index is -4.76. The first kappa shape index (κ1) is 48.7. The summed E-state index contributed by atoms with van der Waals surface area (Å²) in [4.78, 5) is 16.0. The first-order valence-corrected chi connectivity index (χ1v) is 22.2. The third-order valence-electron chi connectivity index (χ3n) is 10.1. The van der Waals surface area contributed by atoms with Crippen molar-refractivity contribution in [1.29, 1.82) is 0 Å². The van der Waals surface area contributed by atoms with E-state index in [1.165, 1.54) is 72.8 Å². The summed E-state index contributed by atoms with van der Waals surface area (Å²) in [6, 6.07) is 33.4. The Hall–Kier alpha value is -3.79. The van der Waals surface area contributed by atoms with E-state index in [0.717, 1.165) is 11.1 Å². The minimum Gasteiger partial charge on any atom is -0.744 e. The summed E-state index contributed by atoms with van der Waals surface area (Å²) in [7, 11) is -14.2. The molecule has 3 aromatic heterocycles. The number of hydrogen-bond acceptors (Lipinski definition) is 11. The van der Waals surface area contributed by atoms with Gasteiger partial charge in [0.15, 0.2) is 0 Å². The molecule has 0 atom stereocenters. The molecule has 4 aromatic carbocycles. The van der Waals surface area contributed by atoms with Crippen molar-refractivity contribution < 1.29 is 128 Å². The standard InChI is InChI=1S/C44H30N4O9S3.3Na/c49-58(50,51)30-12-6-27(7-13-30)42-35-20-18-33(45-35)41(26-4-2-1-3-5-26)34-19-21-36(46-34)43(28-8-14-31(15-9-28)59(52,53)54)38-23-25-40(48-38)44(39-24-22-37(42)47-39)29-10-16-32(17-11-29)60(55,56)57;;;/h1-25,45,48H,(H,49,50,51)(H,52,53,54)(H,55,56,57);;;/q;3*+1/p-3. The molecule has 0 fully saturated rings. The smallest absolute Gasteiger partial charge is 0.744 e. The van der Waals surface area contributed by atoms with Gasteiger partial charge in [0, 0.05) is 44.3 Å². The predicted octanol–water partition coefficient (Wildman–Crippen LogP) is -0.952. The van der Waals surface area contributed by atoms with Gasteiger partial charge < -0.3 is 23.6 Å². The number of aromatic nitrogens is 4. The maximum absolute atomic E-state index is 11.9. The molecule has 5 heterocycles. The van der Waals surface area contributed by atoms with Crippen molar-refractivity contribution in [2.45, 2.75) is 14.7 Å². The first-order chi connectivity index (χ1) is 28.6. The van der Waals surface area contributed by atoms with Crippen molar-refractivity contribution in [3.63, 3.8) is 0 Å². The van der Waals surface area contributed by atoms with Gasteiger partial charge in [0.1, 0.15) is 30.4 Å². The van der Waals surface area contributed by atoms with Crippen LogP contribution in [0.25, 0.3) is 90.9 Å². The molecule has 2 aliphatic rings. The fourth-order valence-electron chi connectivity index (χ4n) is 7.39. The van der Waals surface area contributed by atoms with Crippen LogP contribution in [0.15, 0.2) is 142 Å². The summed E-state index contributed by atoms with van der Waals surface area (Å²) in [5.41, 5.74) is 9.11. The van der Waals surface area contributed by atoms with Gasteiger partial charge in [-0.25, -0.2) is 35.2 Å². The Morgan fingerprint density at radius 1 is 0.333 bits per heavy atom. The molecule has 0 saturated heterocycles. The van der Waals surface area contributed by atoms with Crippen molar-refractivity contribution in [2.75, 3.05) is 0 Å². The molecule has 0 amide bonds. The zero-order chi connectivity index (χ0) is 42.0. The maximum Gasteiger partial charge on any atom is 1.00 e. The van der Waals surface area contributed by atoms with E-state index >= 15 is 0 Å². The molecule has 63 heavy (non-hydrogen) atoms. The van der Waals surface area contributed by atoms with E-state index in [1.807, 2.05) is 54.6 Å². The minimum absolute atomic E-state index is 0. The number of nitrogens with zero attached hydrogens (tertiary/aromatic N) is 2. The van der Waals surface area contributed by atoms with Gasteiger partial charge >= 0.3 is 88.7 Å². The fraction of sp³-hybridized carbons (Fsp3) is 0. The molecule has 0 aliphatic carbocycles. The molecule has 9 rings (SSSR count). The Bertz CT molecular complexity index is 3410. The van der Waals surface area contributed by atoms with Gasteiger partial charge in [-0.3, -0.25) is 0 Å². The number of nitrogens with one attached hydrogen (secondary N) is 2. The van der Waals surface area contributed by atoms with Crippen LogP contribution in [0.2, 0.25) is 0 Å². The molecule has 0 saturated carbocycles. The largest absolute Gasteiger partial charge is 1.00 e. The van der Waals surface area contributed by atoms with Crippen molar-refractivity contribution in [2.24, 2.45) is 0 Å². The van der Waals surface area contributed by atoms with E-state index in [-0.39, 0.29) is 88.7 Å². The van der Waals surface area contributed by atoms with Gasteiger partial charge in [0.05, 0.1) is 37.5 Å². The number of rotatable bonds is 7. The molecular formula is C44H27N4Na3O9S3. The monoisotopic (exact) mass is 920 g/mol. The van der Waals surface area contributed by atoms with Gasteiger partial charge in [-0.05, 0) is 107 Å². The quantitative estimate of drug-likeness (QED) is 0.146. The summed E-state index contributed by atoms with van der Waals surface area (Å²) < 4.78 is 107. The number of aromatic amines is 2. The van der Waals surface area contributed by atoms with E-state index in [1.54, 1.807) is 24.3 Å². The topological polar surface area (TPSA) is 229 Å². The number of benzene rings is 4. The zero-order valence-electron chi connectivity index (χ0n) is 33.7. The van der Waals surface area contributed by atoms with Crippen molar-refractivity contribution >= 4 is 76.7 Å². The summed E-state index contributed by atoms with van der Waals surface area (Å²) >= 11 is 0. The molecule has 0 spiro atoms. The average molecular weight is 921 g/mol. The van der Waals surface area contributed by atoms with Crippen LogP contribution in [0.3, 0.4) is 0 Å². The van der Waals surface area contributed by atoms with Crippen LogP contribution in [-0.4, -0.2) is 58.8 Å². The molecule has 298 valence electrons. The second-order valence-corrected chi connectivity index (χ2v) is 17.9. The SMILES string of the molecule is O=S(=O)([O-])c1ccc(-c2c3nc(c(-c4ccc(S(=O)(=O)[O-])cc4)c4ccc([nH]4)c(-c4ccc(S(=O)(=O)[O-])cc4)c4nc(c(-c5ccccc5)c5ccc2[nH]5)C=C4)C=C3)cc1.[Na+].[Na+].[Na+]. The van der Waals surface area contributed by atoms with Crippen LogP contribution < -0.4 is 88.7 Å². The number of fused-ring (bicyclic) bond motifs is 8. The van der Waals surface area contributed by atoms with Crippen molar-refractivity contribution in [1.82, 2.24) is 19.9 Å². The molecule has 19 heteroatoms. The maximum atomic E-state index is 11.9. The van der Waals surface area contributed by atoms with E-state index < -0.39 is 45.0 Å². The summed E-state index contributed by atoms with van der Waals surface area (Å²) in [5, 5.41) is 0. The Kier molecular flexibility index (Phi) is 14.7. The molecule has 2 aliphatic heterocycles. The summed E-state index contributed by atoms with van der Waals surface area (Å²) in [6.07, 6.45) is 7.23. The Labute approximate surface area is 428 Å². The average Bonchev–Trinajstić information content (AvgIpc) is 4.06. The van der Waals surface area contributed by atoms with Gasteiger partial charge in [-0.1, -0.05) is 66.7 Å². The normalized spacial score (nSPS) is 12.2. The molecule has 7 aromatic rings. The number of H-pyrrole nitrogens is 2. The molecule has 13 nitrogen and oxygen atoms in total.